The fourth-order valence-electron chi connectivity index (χ4n) is 11.0. The van der Waals surface area contributed by atoms with Crippen molar-refractivity contribution in [2.24, 2.45) is 0 Å². The van der Waals surface area contributed by atoms with Gasteiger partial charge in [-0.05, 0) is 12.8 Å². The quantitative estimate of drug-likeness (QED) is 0.0278. The van der Waals surface area contributed by atoms with Gasteiger partial charge in [0.05, 0.1) is 27.7 Å². The molecule has 0 radical (unpaired) electrons. The van der Waals surface area contributed by atoms with Crippen LogP contribution in [0, 0.1) is 0 Å². The van der Waals surface area contributed by atoms with E-state index in [4.69, 9.17) is 18.5 Å². The third-order valence-electron chi connectivity index (χ3n) is 16.4. The van der Waals surface area contributed by atoms with Gasteiger partial charge >= 0.3 is 19.8 Å². The highest BCUT2D eigenvalue weighted by atomic mass is 31.2. The highest BCUT2D eigenvalue weighted by molar-refractivity contribution is 7.47. The topological polar surface area (TPSA) is 108 Å². The van der Waals surface area contributed by atoms with Gasteiger partial charge in [0.25, 0.3) is 0 Å². The number of phosphoric acid groups is 1. The average molecular weight is 1140 g/mol. The number of esters is 2. The van der Waals surface area contributed by atoms with E-state index >= 15 is 0 Å². The summed E-state index contributed by atoms with van der Waals surface area (Å²) in [7, 11) is 1.51. The first-order chi connectivity index (χ1) is 38.5. The summed E-state index contributed by atoms with van der Waals surface area (Å²) in [4.78, 5) is 35.9. The van der Waals surface area contributed by atoms with Crippen LogP contribution in [0.2, 0.25) is 0 Å². The van der Waals surface area contributed by atoms with Crippen molar-refractivity contribution in [3.8, 4) is 0 Å². The Kier molecular flexibility index (Phi) is 60.8. The number of hydrogen-bond acceptors (Lipinski definition) is 7. The third kappa shape index (κ3) is 66.0. The molecule has 2 atom stereocenters. The monoisotopic (exact) mass is 1140 g/mol. The van der Waals surface area contributed by atoms with E-state index in [0.717, 1.165) is 38.5 Å². The van der Waals surface area contributed by atoms with Crippen molar-refractivity contribution in [1.29, 1.82) is 0 Å². The molecule has 0 heterocycles. The zero-order chi connectivity index (χ0) is 57.7. The van der Waals surface area contributed by atoms with Gasteiger partial charge in [0.1, 0.15) is 19.8 Å². The maximum atomic E-state index is 12.9. The Morgan fingerprint density at radius 2 is 0.570 bits per heavy atom. The fourth-order valence-corrected chi connectivity index (χ4v) is 11.7. The molecular formula is C69H139NO8P+. The Hall–Kier alpha value is -0.990. The lowest BCUT2D eigenvalue weighted by Crippen LogP contribution is -2.37. The molecule has 472 valence electrons. The first-order valence-corrected chi connectivity index (χ1v) is 36.8. The second-order valence-corrected chi connectivity index (χ2v) is 27.1. The normalized spacial score (nSPS) is 13.0. The van der Waals surface area contributed by atoms with Gasteiger partial charge in [-0.25, -0.2) is 4.57 Å². The molecular weight excluding hydrogens is 1000 g/mol. The number of nitrogens with zero attached hydrogens (tertiary/aromatic N) is 1. The molecule has 0 amide bonds. The van der Waals surface area contributed by atoms with Crippen LogP contribution in [0.1, 0.15) is 380 Å². The van der Waals surface area contributed by atoms with Crippen molar-refractivity contribution in [3.05, 3.63) is 0 Å². The van der Waals surface area contributed by atoms with Gasteiger partial charge in [-0.3, -0.25) is 18.6 Å². The van der Waals surface area contributed by atoms with E-state index < -0.39 is 26.5 Å². The molecule has 0 aromatic carbocycles. The van der Waals surface area contributed by atoms with Crippen LogP contribution in [0.4, 0.5) is 0 Å². The van der Waals surface area contributed by atoms with E-state index in [-0.39, 0.29) is 25.6 Å². The minimum atomic E-state index is -4.38. The molecule has 1 N–H and O–H groups in total. The van der Waals surface area contributed by atoms with Crippen LogP contribution < -0.4 is 0 Å². The number of carbonyl (C=O) groups excluding carboxylic acids is 2. The summed E-state index contributed by atoms with van der Waals surface area (Å²) in [6, 6.07) is 0. The van der Waals surface area contributed by atoms with E-state index in [2.05, 4.69) is 13.8 Å². The van der Waals surface area contributed by atoms with Crippen LogP contribution >= 0.6 is 7.82 Å². The van der Waals surface area contributed by atoms with Crippen LogP contribution in [0.5, 0.6) is 0 Å². The van der Waals surface area contributed by atoms with Crippen LogP contribution in [0.25, 0.3) is 0 Å². The predicted molar refractivity (Wildman–Crippen MR) is 340 cm³/mol. The summed E-state index contributed by atoms with van der Waals surface area (Å²) in [5, 5.41) is 0. The number of unbranched alkanes of at least 4 members (excludes halogenated alkanes) is 53. The number of quaternary nitrogens is 1. The Morgan fingerprint density at radius 3 is 0.810 bits per heavy atom. The average Bonchev–Trinajstić information content (AvgIpc) is 3.41. The van der Waals surface area contributed by atoms with E-state index in [0.29, 0.717) is 17.4 Å². The Bertz CT molecular complexity index is 1290. The number of hydrogen-bond donors (Lipinski definition) is 1. The van der Waals surface area contributed by atoms with Gasteiger partial charge in [0, 0.05) is 12.8 Å². The van der Waals surface area contributed by atoms with E-state index in [9.17, 15) is 19.0 Å². The number of likely N-dealkylation sites (N-methyl/N-ethyl adjacent to an activating group) is 1. The molecule has 0 bridgehead atoms. The maximum Gasteiger partial charge on any atom is 0.472 e. The molecule has 0 fully saturated rings. The number of phosphoric ester groups is 1. The number of ether oxygens (including phenoxy) is 2. The minimum absolute atomic E-state index is 0.0377. The SMILES string of the molecule is CCCCCCCCCCCCCCCCCCCCCCCCCCCCCCCC(=O)OC(COC(=O)CCCCCCCCCCCCCCCCCCCCCCCCCCCC)COP(=O)(O)OCC[N+](C)(C)C. The molecule has 0 saturated carbocycles. The van der Waals surface area contributed by atoms with Gasteiger partial charge in [0.15, 0.2) is 6.10 Å². The molecule has 2 unspecified atom stereocenters. The first kappa shape index (κ1) is 78.0. The molecule has 9 nitrogen and oxygen atoms in total. The molecule has 0 saturated heterocycles. The van der Waals surface area contributed by atoms with E-state index in [1.807, 2.05) is 21.1 Å². The van der Waals surface area contributed by atoms with Gasteiger partial charge in [0.2, 0.25) is 0 Å². The summed E-state index contributed by atoms with van der Waals surface area (Å²) in [6.45, 7) is 4.53. The van der Waals surface area contributed by atoms with E-state index in [1.54, 1.807) is 0 Å². The lowest BCUT2D eigenvalue weighted by molar-refractivity contribution is -0.870. The minimum Gasteiger partial charge on any atom is -0.462 e. The van der Waals surface area contributed by atoms with Crippen molar-refractivity contribution < 1.29 is 42.1 Å². The second-order valence-electron chi connectivity index (χ2n) is 25.6. The summed E-state index contributed by atoms with van der Waals surface area (Å²) in [5.41, 5.74) is 0. The lowest BCUT2D eigenvalue weighted by Gasteiger charge is -2.24. The summed E-state index contributed by atoms with van der Waals surface area (Å²) >= 11 is 0. The van der Waals surface area contributed by atoms with E-state index in [1.165, 1.54) is 315 Å². The van der Waals surface area contributed by atoms with Crippen LogP contribution in [-0.2, 0) is 32.7 Å². The number of rotatable bonds is 67. The van der Waals surface area contributed by atoms with Gasteiger partial charge in [-0.15, -0.1) is 0 Å². The van der Waals surface area contributed by atoms with Gasteiger partial charge < -0.3 is 18.9 Å². The van der Waals surface area contributed by atoms with Crippen molar-refractivity contribution in [1.82, 2.24) is 0 Å². The smallest absolute Gasteiger partial charge is 0.462 e. The van der Waals surface area contributed by atoms with Crippen molar-refractivity contribution >= 4 is 19.8 Å². The maximum absolute atomic E-state index is 12.9. The Labute approximate surface area is 493 Å². The first-order valence-electron chi connectivity index (χ1n) is 35.3. The number of carbonyl (C=O) groups is 2. The van der Waals surface area contributed by atoms with Crippen molar-refractivity contribution in [3.63, 3.8) is 0 Å². The third-order valence-corrected chi connectivity index (χ3v) is 17.4. The predicted octanol–water partition coefficient (Wildman–Crippen LogP) is 22.6. The molecule has 0 rings (SSSR count). The molecule has 79 heavy (non-hydrogen) atoms. The van der Waals surface area contributed by atoms with Crippen molar-refractivity contribution in [2.75, 3.05) is 47.5 Å². The Morgan fingerprint density at radius 1 is 0.342 bits per heavy atom. The standard InChI is InChI=1S/C69H138NO8P/c1-6-8-10-12-14-16-18-20-22-24-26-28-30-32-34-35-36-38-40-42-44-46-48-50-52-54-56-58-60-62-69(72)78-67(66-77-79(73,74)76-64-63-70(3,4)5)65-75-68(71)61-59-57-55-53-51-49-47-45-43-41-39-37-33-31-29-27-25-23-21-19-17-15-13-11-9-7-2/h67H,6-66H2,1-5H3/p+1. The largest absolute Gasteiger partial charge is 0.472 e. The summed E-state index contributed by atoms with van der Waals surface area (Å²) in [6.07, 6.45) is 73.6. The zero-order valence-corrected chi connectivity index (χ0v) is 54.8. The highest BCUT2D eigenvalue weighted by Gasteiger charge is 2.27. The molecule has 0 aromatic heterocycles. The van der Waals surface area contributed by atoms with Crippen molar-refractivity contribution in [2.45, 2.75) is 386 Å². The fraction of sp³-hybridized carbons (Fsp3) is 0.971. The second kappa shape index (κ2) is 61.6. The van der Waals surface area contributed by atoms with Crippen LogP contribution in [-0.4, -0.2) is 74.9 Å². The van der Waals surface area contributed by atoms with Crippen LogP contribution in [0.15, 0.2) is 0 Å². The van der Waals surface area contributed by atoms with Gasteiger partial charge in [-0.2, -0.15) is 0 Å². The molecule has 10 heteroatoms. The van der Waals surface area contributed by atoms with Crippen LogP contribution in [0.3, 0.4) is 0 Å². The molecule has 0 spiro atoms. The molecule has 0 aliphatic carbocycles. The van der Waals surface area contributed by atoms with Gasteiger partial charge in [-0.1, -0.05) is 354 Å². The molecule has 0 aromatic rings. The summed E-state index contributed by atoms with van der Waals surface area (Å²) < 4.78 is 34.7. The molecule has 0 aliphatic rings. The highest BCUT2D eigenvalue weighted by Crippen LogP contribution is 2.43. The Balaban J connectivity index is 3.97. The summed E-state index contributed by atoms with van der Waals surface area (Å²) in [5.74, 6) is -0.767. The zero-order valence-electron chi connectivity index (χ0n) is 53.9. The molecule has 0 aliphatic heterocycles. The lowest BCUT2D eigenvalue weighted by atomic mass is 10.0.